The molecule has 0 spiro atoms. The van der Waals surface area contributed by atoms with Crippen molar-refractivity contribution in [1.29, 1.82) is 0 Å². The quantitative estimate of drug-likeness (QED) is 0.197. The molecule has 11 heteroatoms. The topological polar surface area (TPSA) is 196 Å². The van der Waals surface area contributed by atoms with Crippen LogP contribution in [0.2, 0.25) is 0 Å². The minimum Gasteiger partial charge on any atom is -0.507 e. The number of carboxylic acids is 1. The largest absolute Gasteiger partial charge is 0.507 e. The van der Waals surface area contributed by atoms with E-state index in [9.17, 15) is 49.5 Å². The van der Waals surface area contributed by atoms with Crippen molar-refractivity contribution < 1.29 is 54.2 Å². The molecule has 0 radical (unpaired) electrons. The molecular weight excluding hydrogens is 488 g/mol. The predicted molar refractivity (Wildman–Crippen MR) is 126 cm³/mol. The van der Waals surface area contributed by atoms with E-state index < -0.39 is 83.1 Å². The van der Waals surface area contributed by atoms with Crippen molar-refractivity contribution in [2.75, 3.05) is 0 Å². The summed E-state index contributed by atoms with van der Waals surface area (Å²) in [4.78, 5) is 62.2. The smallest absolute Gasteiger partial charge is 0.321 e. The highest BCUT2D eigenvalue weighted by Crippen LogP contribution is 2.47. The van der Waals surface area contributed by atoms with Crippen LogP contribution in [-0.2, 0) is 32.0 Å². The molecule has 196 valence electrons. The fraction of sp³-hybridized carbons (Fsp3) is 0.346. The summed E-state index contributed by atoms with van der Waals surface area (Å²) in [5.41, 5.74) is -3.14. The van der Waals surface area contributed by atoms with Crippen molar-refractivity contribution in [2.24, 2.45) is 5.41 Å². The lowest BCUT2D eigenvalue weighted by Crippen LogP contribution is -2.40. The predicted octanol–water partition coefficient (Wildman–Crippen LogP) is 2.27. The Balaban J connectivity index is 2.30. The van der Waals surface area contributed by atoms with Gasteiger partial charge in [0.05, 0.1) is 17.5 Å². The summed E-state index contributed by atoms with van der Waals surface area (Å²) >= 11 is 0. The van der Waals surface area contributed by atoms with Crippen molar-refractivity contribution in [1.82, 2.24) is 0 Å². The first kappa shape index (κ1) is 27.2. The van der Waals surface area contributed by atoms with Gasteiger partial charge >= 0.3 is 11.9 Å². The summed E-state index contributed by atoms with van der Waals surface area (Å²) in [5, 5.41) is 52.2. The van der Waals surface area contributed by atoms with Gasteiger partial charge in [0.1, 0.15) is 28.4 Å². The average molecular weight is 514 g/mol. The molecule has 1 fully saturated rings. The molecule has 1 atom stereocenters. The summed E-state index contributed by atoms with van der Waals surface area (Å²) in [6, 6.07) is 2.45. The van der Waals surface area contributed by atoms with Gasteiger partial charge in [0.2, 0.25) is 0 Å². The van der Waals surface area contributed by atoms with E-state index in [0.717, 1.165) is 13.8 Å². The second kappa shape index (κ2) is 9.57. The normalized spacial score (nSPS) is 16.5. The molecule has 3 rings (SSSR count). The van der Waals surface area contributed by atoms with Gasteiger partial charge in [0, 0.05) is 24.0 Å². The molecule has 1 saturated heterocycles. The number of rotatable bonds is 8. The third-order valence-corrected chi connectivity index (χ3v) is 6.60. The Bertz CT molecular complexity index is 1290. The molecule has 0 aliphatic carbocycles. The van der Waals surface area contributed by atoms with Gasteiger partial charge in [-0.15, -0.1) is 0 Å². The van der Waals surface area contributed by atoms with Gasteiger partial charge in [-0.2, -0.15) is 0 Å². The molecule has 11 nitrogen and oxygen atoms in total. The Morgan fingerprint density at radius 2 is 1.22 bits per heavy atom. The Hall–Kier alpha value is -4.41. The monoisotopic (exact) mass is 514 g/mol. The number of aromatic hydroxyl groups is 4. The van der Waals surface area contributed by atoms with Crippen LogP contribution in [0.4, 0.5) is 0 Å². The number of phenolic OH excluding ortho intramolecular Hbond substituents is 4. The van der Waals surface area contributed by atoms with E-state index in [0.29, 0.717) is 0 Å². The summed E-state index contributed by atoms with van der Waals surface area (Å²) in [6.07, 6.45) is -4.13. The van der Waals surface area contributed by atoms with Gasteiger partial charge in [-0.1, -0.05) is 0 Å². The van der Waals surface area contributed by atoms with E-state index in [4.69, 9.17) is 4.74 Å². The van der Waals surface area contributed by atoms with Gasteiger partial charge < -0.3 is 30.3 Å². The molecule has 37 heavy (non-hydrogen) atoms. The summed E-state index contributed by atoms with van der Waals surface area (Å²) in [7, 11) is 0. The van der Waals surface area contributed by atoms with E-state index in [1.165, 1.54) is 26.0 Å². The number of ether oxygens (including phenoxy) is 1. The summed E-state index contributed by atoms with van der Waals surface area (Å²) < 4.78 is 5.09. The van der Waals surface area contributed by atoms with E-state index in [-0.39, 0.29) is 33.4 Å². The number of carbonyl (C=O) groups is 5. The van der Waals surface area contributed by atoms with Crippen LogP contribution in [0.5, 0.6) is 23.0 Å². The highest BCUT2D eigenvalue weighted by Gasteiger charge is 2.58. The minimum absolute atomic E-state index is 0.147. The van der Waals surface area contributed by atoms with Crippen molar-refractivity contribution in [3.63, 3.8) is 0 Å². The molecule has 0 saturated carbocycles. The number of hydrogen-bond donors (Lipinski definition) is 5. The zero-order valence-electron chi connectivity index (χ0n) is 20.5. The molecule has 2 aromatic rings. The maximum absolute atomic E-state index is 13.6. The van der Waals surface area contributed by atoms with Crippen LogP contribution in [0.25, 0.3) is 0 Å². The number of ketones is 3. The second-order valence-corrected chi connectivity index (χ2v) is 9.24. The number of hydrogen-bond acceptors (Lipinski definition) is 10. The third kappa shape index (κ3) is 4.59. The fourth-order valence-electron chi connectivity index (χ4n) is 4.59. The van der Waals surface area contributed by atoms with Gasteiger partial charge in [0.25, 0.3) is 0 Å². The van der Waals surface area contributed by atoms with Crippen molar-refractivity contribution in [3.05, 3.63) is 45.5 Å². The molecule has 0 amide bonds. The van der Waals surface area contributed by atoms with Crippen LogP contribution in [0.1, 0.15) is 63.2 Å². The van der Waals surface area contributed by atoms with E-state index >= 15 is 0 Å². The first-order valence-corrected chi connectivity index (χ1v) is 11.2. The molecule has 0 bridgehead atoms. The maximum Gasteiger partial charge on any atom is 0.321 e. The van der Waals surface area contributed by atoms with Crippen molar-refractivity contribution >= 4 is 29.3 Å². The van der Waals surface area contributed by atoms with Gasteiger partial charge in [-0.25, -0.2) is 0 Å². The number of aliphatic carboxylic acids is 1. The number of benzene rings is 2. The molecule has 1 aliphatic rings. The van der Waals surface area contributed by atoms with Gasteiger partial charge in [0.15, 0.2) is 23.5 Å². The first-order valence-electron chi connectivity index (χ1n) is 11.2. The lowest BCUT2D eigenvalue weighted by molar-refractivity contribution is -0.150. The van der Waals surface area contributed by atoms with Crippen molar-refractivity contribution in [2.45, 2.75) is 53.1 Å². The van der Waals surface area contributed by atoms with Crippen LogP contribution in [-0.4, -0.2) is 60.9 Å². The molecule has 1 aliphatic heterocycles. The number of carbonyl (C=O) groups excluding carboxylic acids is 4. The Kier molecular flexibility index (Phi) is 7.03. The molecule has 0 unspecified atom stereocenters. The minimum atomic E-state index is -2.34. The summed E-state index contributed by atoms with van der Waals surface area (Å²) in [5.74, 6) is -7.27. The number of phenols is 4. The number of carboxylic acid groups (broad SMARTS) is 1. The van der Waals surface area contributed by atoms with Crippen LogP contribution in [0.3, 0.4) is 0 Å². The van der Waals surface area contributed by atoms with Crippen LogP contribution in [0.15, 0.2) is 12.1 Å². The average Bonchev–Trinajstić information content (AvgIpc) is 3.02. The standard InChI is InChI=1S/C26H26O11/c1-10-5-14(12(3)27)22(33)16(20(10)31)8-26(24(35)18(7-19(29)30)37-25(26)36)9-17-21(32)11(2)6-15(13(4)28)23(17)34/h5-6,18,31-34H,7-9H2,1-4H3,(H,29,30)/t18-/m0/s1. The summed E-state index contributed by atoms with van der Waals surface area (Å²) in [6.45, 7) is 5.18. The Morgan fingerprint density at radius 3 is 1.57 bits per heavy atom. The maximum atomic E-state index is 13.6. The fourth-order valence-corrected chi connectivity index (χ4v) is 4.59. The van der Waals surface area contributed by atoms with Gasteiger partial charge in [-0.3, -0.25) is 24.0 Å². The molecule has 5 N–H and O–H groups in total. The molecule has 2 aromatic carbocycles. The van der Waals surface area contributed by atoms with Crippen LogP contribution < -0.4 is 0 Å². The second-order valence-electron chi connectivity index (χ2n) is 9.24. The van der Waals surface area contributed by atoms with E-state index in [1.54, 1.807) is 0 Å². The number of aryl methyl sites for hydroxylation is 2. The zero-order chi connectivity index (χ0) is 28.0. The highest BCUT2D eigenvalue weighted by molar-refractivity contribution is 6.12. The molecule has 1 heterocycles. The van der Waals surface area contributed by atoms with E-state index in [1.807, 2.05) is 0 Å². The van der Waals surface area contributed by atoms with Crippen LogP contribution >= 0.6 is 0 Å². The molecular formula is C26H26O11. The van der Waals surface area contributed by atoms with E-state index in [2.05, 4.69) is 0 Å². The first-order chi connectivity index (χ1) is 17.1. The highest BCUT2D eigenvalue weighted by atomic mass is 16.6. The lowest BCUT2D eigenvalue weighted by atomic mass is 9.71. The van der Waals surface area contributed by atoms with Crippen LogP contribution in [0, 0.1) is 19.3 Å². The Labute approximate surface area is 210 Å². The number of cyclic esters (lactones) is 1. The van der Waals surface area contributed by atoms with Crippen molar-refractivity contribution in [3.8, 4) is 23.0 Å². The third-order valence-electron chi connectivity index (χ3n) is 6.60. The number of Topliss-reactive ketones (excluding diaryl/α,β-unsaturated/α-hetero) is 3. The number of esters is 1. The zero-order valence-corrected chi connectivity index (χ0v) is 20.5. The molecule has 0 aromatic heterocycles. The SMILES string of the molecule is CC(=O)c1cc(C)c(O)c(CC2(Cc3c(O)c(C)cc(C(C)=O)c3O)C(=O)O[C@@H](CC(=O)O)C2=O)c1O. The lowest BCUT2D eigenvalue weighted by Gasteiger charge is -2.26. The van der Waals surface area contributed by atoms with Gasteiger partial charge in [-0.05, 0) is 51.0 Å². The Morgan fingerprint density at radius 1 is 0.811 bits per heavy atom.